The van der Waals surface area contributed by atoms with Crippen molar-refractivity contribution in [1.82, 2.24) is 5.32 Å². The predicted octanol–water partition coefficient (Wildman–Crippen LogP) is 3.61. The van der Waals surface area contributed by atoms with Crippen LogP contribution in [0, 0.1) is 12.3 Å². The van der Waals surface area contributed by atoms with Crippen molar-refractivity contribution in [3.63, 3.8) is 0 Å². The molecule has 0 aliphatic heterocycles. The molecule has 116 valence electrons. The molecule has 0 aromatic heterocycles. The SMILES string of the molecule is CCC1(CNC(=O)c2cc(S(=O)(=O)Cl)cc(Br)c2C)CC1. The molecule has 4 nitrogen and oxygen atoms in total. The van der Waals surface area contributed by atoms with Gasteiger partial charge in [0.1, 0.15) is 0 Å². The van der Waals surface area contributed by atoms with Crippen LogP contribution >= 0.6 is 26.6 Å². The molecular weight excluding hydrogens is 378 g/mol. The smallest absolute Gasteiger partial charge is 0.261 e. The standard InChI is InChI=1S/C14H17BrClNO3S/c1-3-14(4-5-14)8-17-13(18)11-6-10(21(16,19)20)7-12(15)9(11)2/h6-7H,3-5,8H2,1-2H3,(H,17,18). The number of hydrogen-bond acceptors (Lipinski definition) is 3. The van der Waals surface area contributed by atoms with Crippen LogP contribution in [0.25, 0.3) is 0 Å². The molecule has 1 amide bonds. The topological polar surface area (TPSA) is 63.2 Å². The van der Waals surface area contributed by atoms with Crippen LogP contribution in [-0.4, -0.2) is 20.9 Å². The summed E-state index contributed by atoms with van der Waals surface area (Å²) in [5.41, 5.74) is 1.25. The van der Waals surface area contributed by atoms with Gasteiger partial charge in [-0.05, 0) is 49.3 Å². The molecule has 1 aromatic carbocycles. The van der Waals surface area contributed by atoms with Gasteiger partial charge in [-0.25, -0.2) is 8.42 Å². The van der Waals surface area contributed by atoms with Crippen molar-refractivity contribution in [1.29, 1.82) is 0 Å². The first-order chi connectivity index (χ1) is 9.68. The first kappa shape index (κ1) is 16.8. The van der Waals surface area contributed by atoms with Gasteiger partial charge in [-0.15, -0.1) is 0 Å². The molecule has 0 atom stereocenters. The summed E-state index contributed by atoms with van der Waals surface area (Å²) in [7, 11) is 1.49. The first-order valence-corrected chi connectivity index (χ1v) is 9.82. The van der Waals surface area contributed by atoms with E-state index in [1.807, 2.05) is 0 Å². The molecule has 0 bridgehead atoms. The molecule has 1 saturated carbocycles. The Balaban J connectivity index is 2.26. The molecule has 0 unspecified atom stereocenters. The highest BCUT2D eigenvalue weighted by Gasteiger charge is 2.40. The lowest BCUT2D eigenvalue weighted by Gasteiger charge is -2.15. The number of carbonyl (C=O) groups excluding carboxylic acids is 1. The summed E-state index contributed by atoms with van der Waals surface area (Å²) < 4.78 is 23.5. The van der Waals surface area contributed by atoms with Crippen LogP contribution in [-0.2, 0) is 9.05 Å². The first-order valence-electron chi connectivity index (χ1n) is 6.71. The summed E-state index contributed by atoms with van der Waals surface area (Å²) >= 11 is 3.27. The highest BCUT2D eigenvalue weighted by atomic mass is 79.9. The van der Waals surface area contributed by atoms with Crippen LogP contribution in [0.1, 0.15) is 42.1 Å². The van der Waals surface area contributed by atoms with Crippen molar-refractivity contribution in [2.24, 2.45) is 5.41 Å². The van der Waals surface area contributed by atoms with Gasteiger partial charge in [0, 0.05) is 27.3 Å². The monoisotopic (exact) mass is 393 g/mol. The van der Waals surface area contributed by atoms with Gasteiger partial charge in [0.15, 0.2) is 0 Å². The van der Waals surface area contributed by atoms with Crippen molar-refractivity contribution >= 4 is 41.6 Å². The fourth-order valence-electron chi connectivity index (χ4n) is 2.23. The van der Waals surface area contributed by atoms with Crippen LogP contribution in [0.15, 0.2) is 21.5 Å². The molecule has 0 radical (unpaired) electrons. The van der Waals surface area contributed by atoms with Crippen molar-refractivity contribution < 1.29 is 13.2 Å². The minimum absolute atomic E-state index is 0.0802. The van der Waals surface area contributed by atoms with Crippen molar-refractivity contribution in [3.8, 4) is 0 Å². The Kier molecular flexibility index (Phi) is 4.71. The van der Waals surface area contributed by atoms with E-state index in [0.29, 0.717) is 22.1 Å². The van der Waals surface area contributed by atoms with Gasteiger partial charge < -0.3 is 5.32 Å². The highest BCUT2D eigenvalue weighted by Crippen LogP contribution is 2.47. The van der Waals surface area contributed by atoms with Gasteiger partial charge in [-0.1, -0.05) is 22.9 Å². The van der Waals surface area contributed by atoms with E-state index < -0.39 is 9.05 Å². The Bertz CT molecular complexity index is 684. The second-order valence-electron chi connectivity index (χ2n) is 5.55. The maximum Gasteiger partial charge on any atom is 0.261 e. The van der Waals surface area contributed by atoms with Gasteiger partial charge in [0.25, 0.3) is 15.0 Å². The zero-order valence-corrected chi connectivity index (χ0v) is 15.0. The second kappa shape index (κ2) is 5.89. The van der Waals surface area contributed by atoms with Crippen molar-refractivity contribution in [3.05, 3.63) is 27.7 Å². The van der Waals surface area contributed by atoms with E-state index in [2.05, 4.69) is 28.2 Å². The average molecular weight is 395 g/mol. The molecule has 0 spiro atoms. The maximum atomic E-state index is 12.3. The normalized spacial score (nSPS) is 16.6. The Morgan fingerprint density at radius 2 is 2.05 bits per heavy atom. The number of amides is 1. The van der Waals surface area contributed by atoms with Gasteiger partial charge >= 0.3 is 0 Å². The molecule has 1 aliphatic rings. The lowest BCUT2D eigenvalue weighted by atomic mass is 10.0. The van der Waals surface area contributed by atoms with E-state index in [-0.39, 0.29) is 16.2 Å². The van der Waals surface area contributed by atoms with E-state index in [4.69, 9.17) is 10.7 Å². The minimum atomic E-state index is -3.87. The van der Waals surface area contributed by atoms with Crippen LogP contribution in [0.5, 0.6) is 0 Å². The third-order valence-corrected chi connectivity index (χ3v) is 6.33. The molecule has 1 N–H and O–H groups in total. The third-order valence-electron chi connectivity index (χ3n) is 4.18. The predicted molar refractivity (Wildman–Crippen MR) is 86.2 cm³/mol. The minimum Gasteiger partial charge on any atom is -0.351 e. The molecule has 0 saturated heterocycles. The van der Waals surface area contributed by atoms with Crippen LogP contribution in [0.4, 0.5) is 0 Å². The number of benzene rings is 1. The van der Waals surface area contributed by atoms with Gasteiger partial charge in [-0.3, -0.25) is 4.79 Å². The summed E-state index contributed by atoms with van der Waals surface area (Å²) in [6.07, 6.45) is 3.29. The third kappa shape index (κ3) is 3.79. The van der Waals surface area contributed by atoms with Crippen molar-refractivity contribution in [2.75, 3.05) is 6.54 Å². The van der Waals surface area contributed by atoms with E-state index in [0.717, 1.165) is 19.3 Å². The summed E-state index contributed by atoms with van der Waals surface area (Å²) in [6.45, 7) is 4.50. The van der Waals surface area contributed by atoms with Crippen LogP contribution < -0.4 is 5.32 Å². The highest BCUT2D eigenvalue weighted by molar-refractivity contribution is 9.10. The second-order valence-corrected chi connectivity index (χ2v) is 8.97. The number of rotatable bonds is 5. The van der Waals surface area contributed by atoms with Gasteiger partial charge in [-0.2, -0.15) is 0 Å². The molecule has 7 heteroatoms. The van der Waals surface area contributed by atoms with E-state index in [1.54, 1.807) is 6.92 Å². The average Bonchev–Trinajstić information content (AvgIpc) is 3.18. The zero-order valence-electron chi connectivity index (χ0n) is 11.9. The zero-order chi connectivity index (χ0) is 15.8. The molecule has 1 aliphatic carbocycles. The number of halogens is 2. The van der Waals surface area contributed by atoms with E-state index >= 15 is 0 Å². The van der Waals surface area contributed by atoms with Gasteiger partial charge in [0.2, 0.25) is 0 Å². The van der Waals surface area contributed by atoms with E-state index in [9.17, 15) is 13.2 Å². The Hall–Kier alpha value is -0.590. The van der Waals surface area contributed by atoms with Gasteiger partial charge in [0.05, 0.1) is 4.90 Å². The Labute approximate surface area is 137 Å². The van der Waals surface area contributed by atoms with Crippen LogP contribution in [0.2, 0.25) is 0 Å². The molecule has 2 rings (SSSR count). The van der Waals surface area contributed by atoms with E-state index in [1.165, 1.54) is 12.1 Å². The quantitative estimate of drug-likeness (QED) is 0.776. The lowest BCUT2D eigenvalue weighted by molar-refractivity contribution is 0.0943. The maximum absolute atomic E-state index is 12.3. The summed E-state index contributed by atoms with van der Waals surface area (Å²) in [5, 5.41) is 2.90. The molecular formula is C14H17BrClNO3S. The number of hydrogen-bond donors (Lipinski definition) is 1. The Morgan fingerprint density at radius 1 is 1.43 bits per heavy atom. The molecule has 21 heavy (non-hydrogen) atoms. The molecule has 0 heterocycles. The Morgan fingerprint density at radius 3 is 2.52 bits per heavy atom. The fraction of sp³-hybridized carbons (Fsp3) is 0.500. The lowest BCUT2D eigenvalue weighted by Crippen LogP contribution is -2.30. The molecule has 1 fully saturated rings. The summed E-state index contributed by atoms with van der Waals surface area (Å²) in [4.78, 5) is 12.2. The summed E-state index contributed by atoms with van der Waals surface area (Å²) in [6, 6.07) is 2.73. The number of carbonyl (C=O) groups is 1. The van der Waals surface area contributed by atoms with Crippen LogP contribution in [0.3, 0.4) is 0 Å². The largest absolute Gasteiger partial charge is 0.351 e. The van der Waals surface area contributed by atoms with Crippen molar-refractivity contribution in [2.45, 2.75) is 38.0 Å². The number of nitrogens with one attached hydrogen (secondary N) is 1. The molecule has 1 aromatic rings. The fourth-order valence-corrected chi connectivity index (χ4v) is 3.62. The summed E-state index contributed by atoms with van der Waals surface area (Å²) in [5.74, 6) is -0.268.